The van der Waals surface area contributed by atoms with Gasteiger partial charge in [0.25, 0.3) is 0 Å². The first kappa shape index (κ1) is 29.9. The standard InChI is InChI=1S/C29H44N2O4S/c1-6-8-9-10-11-12-13-14-15-16-19-23-20-17-18-21-24(23)26(28(33)34-5)36-29-30-22(3)25(31(29)4)27(32)35-7-2/h17-18,20-21,26H,6-16,19H2,1-5H3. The first-order valence-electron chi connectivity index (χ1n) is 13.5. The number of carbonyl (C=O) groups excluding carboxylic acids is 2. The molecule has 2 aromatic rings. The third kappa shape index (κ3) is 8.99. The monoisotopic (exact) mass is 516 g/mol. The fourth-order valence-electron chi connectivity index (χ4n) is 4.47. The number of methoxy groups -OCH3 is 1. The van der Waals surface area contributed by atoms with Crippen LogP contribution in [-0.4, -0.2) is 35.2 Å². The van der Waals surface area contributed by atoms with Crippen molar-refractivity contribution in [3.05, 3.63) is 46.8 Å². The van der Waals surface area contributed by atoms with E-state index in [9.17, 15) is 9.59 Å². The lowest BCUT2D eigenvalue weighted by Gasteiger charge is -2.18. The van der Waals surface area contributed by atoms with Gasteiger partial charge in [0.1, 0.15) is 5.25 Å². The lowest BCUT2D eigenvalue weighted by Crippen LogP contribution is -2.15. The molecule has 1 heterocycles. The average molecular weight is 517 g/mol. The van der Waals surface area contributed by atoms with Crippen LogP contribution in [0.5, 0.6) is 0 Å². The summed E-state index contributed by atoms with van der Waals surface area (Å²) in [6.07, 6.45) is 13.9. The van der Waals surface area contributed by atoms with E-state index in [0.29, 0.717) is 23.2 Å². The van der Waals surface area contributed by atoms with Gasteiger partial charge in [-0.2, -0.15) is 0 Å². The molecule has 200 valence electrons. The molecule has 0 aliphatic carbocycles. The van der Waals surface area contributed by atoms with Crippen LogP contribution in [0.4, 0.5) is 0 Å². The number of nitrogens with zero attached hydrogens (tertiary/aromatic N) is 2. The SMILES string of the molecule is CCCCCCCCCCCCc1ccccc1C(Sc1nc(C)c(C(=O)OCC)n1C)C(=O)OC. The number of aromatic nitrogens is 2. The predicted molar refractivity (Wildman–Crippen MR) is 147 cm³/mol. The number of thioether (sulfide) groups is 1. The summed E-state index contributed by atoms with van der Waals surface area (Å²) in [4.78, 5) is 29.8. The van der Waals surface area contributed by atoms with Crippen LogP contribution in [-0.2, 0) is 27.7 Å². The summed E-state index contributed by atoms with van der Waals surface area (Å²) in [5.41, 5.74) is 3.10. The van der Waals surface area contributed by atoms with Crippen LogP contribution in [0.25, 0.3) is 0 Å². The van der Waals surface area contributed by atoms with Crippen LogP contribution in [0, 0.1) is 6.92 Å². The second-order valence-electron chi connectivity index (χ2n) is 9.26. The molecule has 1 aromatic carbocycles. The molecule has 36 heavy (non-hydrogen) atoms. The number of hydrogen-bond donors (Lipinski definition) is 0. The van der Waals surface area contributed by atoms with Gasteiger partial charge in [-0.25, -0.2) is 9.78 Å². The van der Waals surface area contributed by atoms with Gasteiger partial charge in [0.2, 0.25) is 0 Å². The molecule has 2 rings (SSSR count). The van der Waals surface area contributed by atoms with E-state index in [-0.39, 0.29) is 5.97 Å². The maximum Gasteiger partial charge on any atom is 0.356 e. The minimum Gasteiger partial charge on any atom is -0.468 e. The van der Waals surface area contributed by atoms with Gasteiger partial charge in [0, 0.05) is 7.05 Å². The van der Waals surface area contributed by atoms with Gasteiger partial charge in [0.15, 0.2) is 10.9 Å². The van der Waals surface area contributed by atoms with Gasteiger partial charge in [-0.1, -0.05) is 101 Å². The highest BCUT2D eigenvalue weighted by Gasteiger charge is 2.29. The van der Waals surface area contributed by atoms with Crippen molar-refractivity contribution in [1.82, 2.24) is 9.55 Å². The number of unbranched alkanes of at least 4 members (excludes halogenated alkanes) is 9. The van der Waals surface area contributed by atoms with Gasteiger partial charge in [-0.3, -0.25) is 4.79 Å². The Morgan fingerprint density at radius 2 is 1.58 bits per heavy atom. The summed E-state index contributed by atoms with van der Waals surface area (Å²) in [5, 5.41) is 0.0181. The lowest BCUT2D eigenvalue weighted by molar-refractivity contribution is -0.140. The largest absolute Gasteiger partial charge is 0.468 e. The summed E-state index contributed by atoms with van der Waals surface area (Å²) in [6, 6.07) is 8.09. The van der Waals surface area contributed by atoms with E-state index in [1.807, 2.05) is 18.2 Å². The van der Waals surface area contributed by atoms with Gasteiger partial charge in [-0.15, -0.1) is 0 Å². The zero-order chi connectivity index (χ0) is 26.3. The third-order valence-electron chi connectivity index (χ3n) is 6.47. The second-order valence-corrected chi connectivity index (χ2v) is 10.3. The van der Waals surface area contributed by atoms with Crippen LogP contribution < -0.4 is 0 Å². The number of imidazole rings is 1. The van der Waals surface area contributed by atoms with E-state index in [2.05, 4.69) is 18.0 Å². The molecule has 6 nitrogen and oxygen atoms in total. The summed E-state index contributed by atoms with van der Waals surface area (Å²) in [5.74, 6) is -0.735. The minimum atomic E-state index is -0.565. The molecule has 0 N–H and O–H groups in total. The van der Waals surface area contributed by atoms with Gasteiger partial charge >= 0.3 is 11.9 Å². The molecule has 0 saturated carbocycles. The molecule has 0 bridgehead atoms. The van der Waals surface area contributed by atoms with Crippen molar-refractivity contribution < 1.29 is 19.1 Å². The maximum atomic E-state index is 12.9. The highest BCUT2D eigenvalue weighted by molar-refractivity contribution is 8.00. The Morgan fingerprint density at radius 3 is 2.19 bits per heavy atom. The summed E-state index contributed by atoms with van der Waals surface area (Å²) in [6.45, 7) is 6.11. The highest BCUT2D eigenvalue weighted by atomic mass is 32.2. The molecular weight excluding hydrogens is 472 g/mol. The summed E-state index contributed by atoms with van der Waals surface area (Å²) in [7, 11) is 3.19. The Kier molecular flexibility index (Phi) is 13.7. The van der Waals surface area contributed by atoms with Crippen LogP contribution in [0.15, 0.2) is 29.4 Å². The quantitative estimate of drug-likeness (QED) is 0.124. The number of ether oxygens (including phenoxy) is 2. The number of aryl methyl sites for hydroxylation is 2. The average Bonchev–Trinajstić information content (AvgIpc) is 3.16. The van der Waals surface area contributed by atoms with Crippen molar-refractivity contribution in [3.63, 3.8) is 0 Å². The van der Waals surface area contributed by atoms with E-state index in [1.165, 1.54) is 76.7 Å². The van der Waals surface area contributed by atoms with E-state index in [4.69, 9.17) is 9.47 Å². The van der Waals surface area contributed by atoms with Crippen molar-refractivity contribution in [3.8, 4) is 0 Å². The Bertz CT molecular complexity index is 957. The molecule has 1 unspecified atom stereocenters. The Morgan fingerprint density at radius 1 is 0.972 bits per heavy atom. The normalized spacial score (nSPS) is 11.9. The summed E-state index contributed by atoms with van der Waals surface area (Å²) >= 11 is 1.31. The number of rotatable bonds is 17. The fraction of sp³-hybridized carbons (Fsp3) is 0.621. The maximum absolute atomic E-state index is 12.9. The first-order chi connectivity index (χ1) is 17.4. The zero-order valence-corrected chi connectivity index (χ0v) is 23.6. The van der Waals surface area contributed by atoms with Crippen LogP contribution in [0.2, 0.25) is 0 Å². The number of carbonyl (C=O) groups is 2. The molecule has 0 fully saturated rings. The zero-order valence-electron chi connectivity index (χ0n) is 22.8. The fourth-order valence-corrected chi connectivity index (χ4v) is 5.67. The van der Waals surface area contributed by atoms with Gasteiger partial charge in [-0.05, 0) is 37.8 Å². The van der Waals surface area contributed by atoms with Crippen molar-refractivity contribution in [2.45, 2.75) is 102 Å². The molecule has 0 aliphatic rings. The number of esters is 2. The topological polar surface area (TPSA) is 70.4 Å². The molecule has 7 heteroatoms. The molecule has 1 aromatic heterocycles. The molecule has 0 aliphatic heterocycles. The first-order valence-corrected chi connectivity index (χ1v) is 14.3. The second kappa shape index (κ2) is 16.5. The Hall–Kier alpha value is -2.28. The van der Waals surface area contributed by atoms with E-state index in [0.717, 1.165) is 24.0 Å². The van der Waals surface area contributed by atoms with E-state index >= 15 is 0 Å². The predicted octanol–water partition coefficient (Wildman–Crippen LogP) is 7.38. The number of hydrogen-bond acceptors (Lipinski definition) is 6. The van der Waals surface area contributed by atoms with E-state index in [1.54, 1.807) is 25.5 Å². The van der Waals surface area contributed by atoms with Crippen molar-refractivity contribution >= 4 is 23.7 Å². The molecule has 0 radical (unpaired) electrons. The lowest BCUT2D eigenvalue weighted by atomic mass is 9.98. The Labute approximate surface area is 221 Å². The Balaban J connectivity index is 2.04. The summed E-state index contributed by atoms with van der Waals surface area (Å²) < 4.78 is 12.1. The van der Waals surface area contributed by atoms with Crippen LogP contribution in [0.1, 0.15) is 111 Å². The molecule has 0 amide bonds. The van der Waals surface area contributed by atoms with E-state index < -0.39 is 11.2 Å². The molecule has 0 saturated heterocycles. The van der Waals surface area contributed by atoms with Crippen molar-refractivity contribution in [2.75, 3.05) is 13.7 Å². The molecule has 0 spiro atoms. The number of benzene rings is 1. The molecule has 1 atom stereocenters. The molecular formula is C29H44N2O4S. The van der Waals surface area contributed by atoms with Gasteiger partial charge < -0.3 is 14.0 Å². The third-order valence-corrected chi connectivity index (χ3v) is 7.73. The minimum absolute atomic E-state index is 0.295. The van der Waals surface area contributed by atoms with Crippen LogP contribution in [0.3, 0.4) is 0 Å². The van der Waals surface area contributed by atoms with Gasteiger partial charge in [0.05, 0.1) is 19.4 Å². The van der Waals surface area contributed by atoms with Crippen molar-refractivity contribution in [1.29, 1.82) is 0 Å². The highest BCUT2D eigenvalue weighted by Crippen LogP contribution is 2.38. The van der Waals surface area contributed by atoms with Crippen molar-refractivity contribution in [2.24, 2.45) is 7.05 Å². The van der Waals surface area contributed by atoms with Crippen LogP contribution >= 0.6 is 11.8 Å². The smallest absolute Gasteiger partial charge is 0.356 e.